The summed E-state index contributed by atoms with van der Waals surface area (Å²) in [5.41, 5.74) is -0.413. The third-order valence-corrected chi connectivity index (χ3v) is 2.65. The van der Waals surface area contributed by atoms with Crippen LogP contribution < -0.4 is 4.74 Å². The van der Waals surface area contributed by atoms with Crippen molar-refractivity contribution in [3.05, 3.63) is 33.9 Å². The summed E-state index contributed by atoms with van der Waals surface area (Å²) >= 11 is 0. The number of nitro benzene ring substituents is 1. The lowest BCUT2D eigenvalue weighted by molar-refractivity contribution is -0.385. The molecule has 8 nitrogen and oxygen atoms in total. The first-order valence-electron chi connectivity index (χ1n) is 4.94. The number of Topliss-reactive ketones (excluding diaryl/α,β-unsaturated/α-hetero) is 1. The van der Waals surface area contributed by atoms with Gasteiger partial charge in [-0.25, -0.2) is 0 Å². The summed E-state index contributed by atoms with van der Waals surface area (Å²) in [6, 6.07) is 3.55. The van der Waals surface area contributed by atoms with Gasteiger partial charge in [0.2, 0.25) is 0 Å². The number of hydrogen-bond donors (Lipinski definition) is 0. The number of methoxy groups -OCH3 is 1. The van der Waals surface area contributed by atoms with Crippen molar-refractivity contribution >= 4 is 21.6 Å². The summed E-state index contributed by atoms with van der Waals surface area (Å²) < 4.78 is 30.6. The minimum absolute atomic E-state index is 0.00517. The Hall–Kier alpha value is -2.00. The Labute approximate surface area is 109 Å². The van der Waals surface area contributed by atoms with E-state index in [0.717, 1.165) is 12.3 Å². The van der Waals surface area contributed by atoms with E-state index in [-0.39, 0.29) is 17.0 Å². The van der Waals surface area contributed by atoms with E-state index in [1.807, 2.05) is 0 Å². The zero-order valence-corrected chi connectivity index (χ0v) is 11.0. The van der Waals surface area contributed by atoms with Gasteiger partial charge in [0, 0.05) is 11.6 Å². The van der Waals surface area contributed by atoms with Gasteiger partial charge in [0.1, 0.15) is 6.61 Å². The van der Waals surface area contributed by atoms with Crippen LogP contribution >= 0.6 is 0 Å². The zero-order chi connectivity index (χ0) is 14.6. The van der Waals surface area contributed by atoms with Crippen LogP contribution in [0.25, 0.3) is 0 Å². The lowest BCUT2D eigenvalue weighted by atomic mass is 10.1. The van der Waals surface area contributed by atoms with Crippen LogP contribution in [0.2, 0.25) is 0 Å². The number of ketones is 1. The van der Waals surface area contributed by atoms with Gasteiger partial charge in [-0.05, 0) is 12.1 Å². The van der Waals surface area contributed by atoms with Gasteiger partial charge in [0.15, 0.2) is 11.5 Å². The maximum atomic E-state index is 11.6. The van der Waals surface area contributed by atoms with Gasteiger partial charge in [-0.15, -0.1) is 0 Å². The summed E-state index contributed by atoms with van der Waals surface area (Å²) in [6.45, 7) is -0.706. The highest BCUT2D eigenvalue weighted by atomic mass is 32.2. The number of nitro groups is 1. The first-order valence-corrected chi connectivity index (χ1v) is 6.76. The zero-order valence-electron chi connectivity index (χ0n) is 10.2. The third-order valence-electron chi connectivity index (χ3n) is 2.10. The number of rotatable bonds is 6. The van der Waals surface area contributed by atoms with E-state index < -0.39 is 27.4 Å². The van der Waals surface area contributed by atoms with Crippen molar-refractivity contribution in [2.24, 2.45) is 0 Å². The molecular weight excluding hydrogens is 278 g/mol. The molecule has 9 heteroatoms. The molecular formula is C10H11NO7S. The van der Waals surface area contributed by atoms with Crippen LogP contribution in [0.4, 0.5) is 5.69 Å². The van der Waals surface area contributed by atoms with Gasteiger partial charge < -0.3 is 4.74 Å². The molecule has 1 aromatic rings. The molecule has 0 fully saturated rings. The maximum absolute atomic E-state index is 11.6. The Bertz CT molecular complexity index is 608. The molecule has 0 aliphatic carbocycles. The van der Waals surface area contributed by atoms with Crippen LogP contribution in [-0.2, 0) is 14.3 Å². The monoisotopic (exact) mass is 289 g/mol. The van der Waals surface area contributed by atoms with Gasteiger partial charge >= 0.3 is 5.69 Å². The van der Waals surface area contributed by atoms with E-state index in [0.29, 0.717) is 0 Å². The highest BCUT2D eigenvalue weighted by Gasteiger charge is 2.19. The van der Waals surface area contributed by atoms with E-state index >= 15 is 0 Å². The number of benzene rings is 1. The second-order valence-corrected chi connectivity index (χ2v) is 5.18. The molecule has 19 heavy (non-hydrogen) atoms. The first-order chi connectivity index (χ1) is 8.74. The van der Waals surface area contributed by atoms with E-state index in [1.54, 1.807) is 0 Å². The van der Waals surface area contributed by atoms with Crippen molar-refractivity contribution in [2.75, 3.05) is 20.0 Å². The Morgan fingerprint density at radius 2 is 2.05 bits per heavy atom. The Morgan fingerprint density at radius 3 is 2.53 bits per heavy atom. The minimum Gasteiger partial charge on any atom is -0.490 e. The number of nitrogens with zero attached hydrogens (tertiary/aromatic N) is 1. The molecule has 0 aromatic heterocycles. The number of carbonyl (C=O) groups is 1. The van der Waals surface area contributed by atoms with E-state index in [4.69, 9.17) is 4.74 Å². The Morgan fingerprint density at radius 1 is 1.42 bits per heavy atom. The summed E-state index contributed by atoms with van der Waals surface area (Å²) in [5, 5.41) is 10.8. The molecule has 0 saturated heterocycles. The highest BCUT2D eigenvalue weighted by molar-refractivity contribution is 7.86. The molecule has 0 N–H and O–H groups in total. The molecule has 0 aliphatic rings. The predicted molar refractivity (Wildman–Crippen MR) is 64.8 cm³/mol. The first kappa shape index (κ1) is 15.1. The van der Waals surface area contributed by atoms with Crippen LogP contribution in [0.15, 0.2) is 18.2 Å². The average Bonchev–Trinajstić information content (AvgIpc) is 2.34. The molecule has 0 bridgehead atoms. The topological polar surface area (TPSA) is 113 Å². The third kappa shape index (κ3) is 4.30. The van der Waals surface area contributed by atoms with Gasteiger partial charge in [-0.3, -0.25) is 19.1 Å². The largest absolute Gasteiger partial charge is 0.490 e. The molecule has 104 valence electrons. The van der Waals surface area contributed by atoms with Gasteiger partial charge in [0.05, 0.1) is 18.3 Å². The second-order valence-electron chi connectivity index (χ2n) is 3.53. The van der Waals surface area contributed by atoms with Crippen molar-refractivity contribution in [1.82, 2.24) is 0 Å². The molecule has 0 heterocycles. The SMILES string of the molecule is COc1ccc(C(=O)COS(C)(=O)=O)cc1[N+](=O)[O-]. The molecule has 0 atom stereocenters. The van der Waals surface area contributed by atoms with Crippen LogP contribution in [0, 0.1) is 10.1 Å². The van der Waals surface area contributed by atoms with Crippen LogP contribution in [0.1, 0.15) is 10.4 Å². The summed E-state index contributed by atoms with van der Waals surface area (Å²) in [6.07, 6.45) is 0.802. The van der Waals surface area contributed by atoms with Crippen molar-refractivity contribution in [2.45, 2.75) is 0 Å². The molecule has 0 radical (unpaired) electrons. The second kappa shape index (κ2) is 5.76. The fourth-order valence-corrected chi connectivity index (χ4v) is 1.57. The smallest absolute Gasteiger partial charge is 0.311 e. The predicted octanol–water partition coefficient (Wildman–Crippen LogP) is 0.762. The molecule has 1 rings (SSSR count). The van der Waals surface area contributed by atoms with Crippen molar-refractivity contribution < 1.29 is 27.1 Å². The standard InChI is InChI=1S/C10H11NO7S/c1-17-10-4-3-7(5-8(10)11(13)14)9(12)6-18-19(2,15)16/h3-5H,6H2,1-2H3. The van der Waals surface area contributed by atoms with E-state index in [1.165, 1.54) is 19.2 Å². The number of hydrogen-bond acceptors (Lipinski definition) is 7. The molecule has 0 amide bonds. The average molecular weight is 289 g/mol. The fraction of sp³-hybridized carbons (Fsp3) is 0.300. The van der Waals surface area contributed by atoms with Crippen molar-refractivity contribution in [3.8, 4) is 5.75 Å². The van der Waals surface area contributed by atoms with Crippen molar-refractivity contribution in [1.29, 1.82) is 0 Å². The lowest BCUT2D eigenvalue weighted by Gasteiger charge is -2.04. The summed E-state index contributed by atoms with van der Waals surface area (Å²) in [4.78, 5) is 21.7. The quantitative estimate of drug-likeness (QED) is 0.329. The normalized spacial score (nSPS) is 11.1. The lowest BCUT2D eigenvalue weighted by Crippen LogP contribution is -2.13. The van der Waals surface area contributed by atoms with E-state index in [9.17, 15) is 23.3 Å². The molecule has 0 unspecified atom stereocenters. The Balaban J connectivity index is 2.99. The van der Waals surface area contributed by atoms with Gasteiger partial charge in [-0.1, -0.05) is 0 Å². The van der Waals surface area contributed by atoms with Crippen LogP contribution in [0.3, 0.4) is 0 Å². The fourth-order valence-electron chi connectivity index (χ4n) is 1.25. The van der Waals surface area contributed by atoms with Gasteiger partial charge in [-0.2, -0.15) is 8.42 Å². The molecule has 0 saturated carbocycles. The summed E-state index contributed by atoms with van der Waals surface area (Å²) in [5.74, 6) is -0.679. The van der Waals surface area contributed by atoms with Crippen molar-refractivity contribution in [3.63, 3.8) is 0 Å². The molecule has 0 spiro atoms. The van der Waals surface area contributed by atoms with Crippen LogP contribution in [-0.4, -0.2) is 39.1 Å². The molecule has 1 aromatic carbocycles. The minimum atomic E-state index is -3.75. The maximum Gasteiger partial charge on any atom is 0.311 e. The Kier molecular flexibility index (Phi) is 4.57. The van der Waals surface area contributed by atoms with Crippen LogP contribution in [0.5, 0.6) is 5.75 Å². The number of carbonyl (C=O) groups excluding carboxylic acids is 1. The highest BCUT2D eigenvalue weighted by Crippen LogP contribution is 2.27. The summed E-state index contributed by atoms with van der Waals surface area (Å²) in [7, 11) is -2.49. The molecule has 0 aliphatic heterocycles. The van der Waals surface area contributed by atoms with E-state index in [2.05, 4.69) is 4.18 Å². The number of ether oxygens (including phenoxy) is 1. The van der Waals surface area contributed by atoms with Gasteiger partial charge in [0.25, 0.3) is 10.1 Å².